The van der Waals surface area contributed by atoms with Gasteiger partial charge in [0.15, 0.2) is 5.82 Å². The van der Waals surface area contributed by atoms with Gasteiger partial charge in [0.1, 0.15) is 5.75 Å². The maximum atomic E-state index is 13.5. The Balaban J connectivity index is 1.20. The maximum Gasteiger partial charge on any atom is 0.175 e. The molecule has 0 saturated carbocycles. The summed E-state index contributed by atoms with van der Waals surface area (Å²) in [6, 6.07) is 21.4. The number of rotatable bonds is 8. The van der Waals surface area contributed by atoms with Crippen molar-refractivity contribution in [3.05, 3.63) is 72.6 Å². The average molecular weight is 560 g/mol. The minimum Gasteiger partial charge on any atom is -0.497 e. The molecule has 2 aliphatic rings. The fourth-order valence-corrected chi connectivity index (χ4v) is 6.54. The number of anilines is 3. The Kier molecular flexibility index (Phi) is 7.50. The molecule has 0 amide bonds. The molecule has 11 heteroatoms. The number of aromatic nitrogens is 4. The van der Waals surface area contributed by atoms with Gasteiger partial charge >= 0.3 is 0 Å². The summed E-state index contributed by atoms with van der Waals surface area (Å²) >= 11 is 0. The molecule has 6 rings (SSSR count). The van der Waals surface area contributed by atoms with E-state index in [0.29, 0.717) is 25.2 Å². The number of hydrogen-bond donors (Lipinski definition) is 1. The number of β-amino-alcohol motifs (C(OH)–C–C–N with tert-alkyl or cyclic N) is 1. The number of para-hydroxylation sites is 1. The number of hydrogen-bond acceptors (Lipinski definition) is 9. The van der Waals surface area contributed by atoms with Crippen LogP contribution in [-0.4, -0.2) is 87.4 Å². The molecule has 2 unspecified atom stereocenters. The molecular formula is C29H33N7O3S. The number of methoxy groups -OCH3 is 1. The van der Waals surface area contributed by atoms with E-state index in [-0.39, 0.29) is 0 Å². The van der Waals surface area contributed by atoms with Gasteiger partial charge in [-0.05, 0) is 73.3 Å². The van der Waals surface area contributed by atoms with Crippen molar-refractivity contribution in [2.24, 2.45) is 0 Å². The first-order valence-electron chi connectivity index (χ1n) is 13.5. The summed E-state index contributed by atoms with van der Waals surface area (Å²) in [6.45, 7) is 4.26. The topological polar surface area (TPSA) is 99.8 Å². The average Bonchev–Trinajstić information content (AvgIpc) is 3.47. The summed E-state index contributed by atoms with van der Waals surface area (Å²) < 4.78 is 18.7. The summed E-state index contributed by atoms with van der Waals surface area (Å²) in [5.41, 5.74) is 3.65. The molecular weight excluding hydrogens is 526 g/mol. The van der Waals surface area contributed by atoms with Crippen LogP contribution in [0.25, 0.3) is 5.69 Å². The van der Waals surface area contributed by atoms with Crippen molar-refractivity contribution < 1.29 is 14.1 Å². The van der Waals surface area contributed by atoms with Gasteiger partial charge < -0.3 is 24.5 Å². The monoisotopic (exact) mass is 559 g/mol. The van der Waals surface area contributed by atoms with E-state index in [9.17, 15) is 9.32 Å². The lowest BCUT2D eigenvalue weighted by Gasteiger charge is -2.37. The van der Waals surface area contributed by atoms with Crippen molar-refractivity contribution in [3.8, 4) is 11.4 Å². The second kappa shape index (κ2) is 11.4. The number of benzene rings is 3. The fraction of sp³-hybridized carbons (Fsp3) is 0.345. The first kappa shape index (κ1) is 26.4. The highest BCUT2D eigenvalue weighted by Crippen LogP contribution is 2.43. The van der Waals surface area contributed by atoms with Gasteiger partial charge in [-0.3, -0.25) is 0 Å². The molecule has 2 aliphatic heterocycles. The van der Waals surface area contributed by atoms with Crippen molar-refractivity contribution in [1.82, 2.24) is 25.1 Å². The molecule has 0 radical (unpaired) electrons. The third-order valence-corrected chi connectivity index (χ3v) is 9.00. The lowest BCUT2D eigenvalue weighted by atomic mass is 10.1. The Bertz CT molecular complexity index is 1500. The van der Waals surface area contributed by atoms with Gasteiger partial charge in [0.05, 0.1) is 50.9 Å². The number of ether oxygens (including phenoxy) is 1. The van der Waals surface area contributed by atoms with Crippen LogP contribution < -0.4 is 14.5 Å². The van der Waals surface area contributed by atoms with Gasteiger partial charge in [-0.15, -0.1) is 15.0 Å². The van der Waals surface area contributed by atoms with Crippen LogP contribution in [0.3, 0.4) is 0 Å². The first-order valence-corrected chi connectivity index (χ1v) is 14.6. The summed E-state index contributed by atoms with van der Waals surface area (Å²) in [5, 5.41) is 24.0. The number of aliphatic hydroxyl groups is 1. The van der Waals surface area contributed by atoms with E-state index in [1.165, 1.54) is 4.80 Å². The van der Waals surface area contributed by atoms with Crippen LogP contribution in [0.4, 0.5) is 17.1 Å². The number of tetrazole rings is 1. The van der Waals surface area contributed by atoms with Crippen molar-refractivity contribution in [3.63, 3.8) is 0 Å². The number of nitrogens with zero attached hydrogens (tertiary/aromatic N) is 7. The fourth-order valence-electron chi connectivity index (χ4n) is 5.18. The summed E-state index contributed by atoms with van der Waals surface area (Å²) in [7, 11) is 2.48. The molecule has 1 saturated heterocycles. The Hall–Kier alpha value is -3.80. The van der Waals surface area contributed by atoms with Crippen molar-refractivity contribution in [2.45, 2.75) is 28.7 Å². The SMILES string of the molecule is COc1ccc(-n2nnc(CCC(O)CN3c4ccccc4S(=O)c4ccc(N5CCN(C)CC5)cc43)n2)cc1. The third kappa shape index (κ3) is 5.32. The zero-order valence-corrected chi connectivity index (χ0v) is 23.5. The molecule has 2 atom stereocenters. The van der Waals surface area contributed by atoms with Gasteiger partial charge in [0, 0.05) is 44.8 Å². The highest BCUT2D eigenvalue weighted by Gasteiger charge is 2.30. The second-order valence-corrected chi connectivity index (χ2v) is 11.6. The van der Waals surface area contributed by atoms with Gasteiger partial charge in [-0.25, -0.2) is 4.21 Å². The van der Waals surface area contributed by atoms with Gasteiger partial charge in [-0.2, -0.15) is 0 Å². The minimum absolute atomic E-state index is 0.361. The molecule has 1 fully saturated rings. The molecule has 10 nitrogen and oxygen atoms in total. The second-order valence-electron chi connectivity index (χ2n) is 10.2. The molecule has 0 aliphatic carbocycles. The van der Waals surface area contributed by atoms with Gasteiger partial charge in [-0.1, -0.05) is 12.1 Å². The molecule has 40 heavy (non-hydrogen) atoms. The Morgan fingerprint density at radius 3 is 2.45 bits per heavy atom. The first-order chi connectivity index (χ1) is 19.5. The molecule has 3 heterocycles. The number of fused-ring (bicyclic) bond motifs is 2. The van der Waals surface area contributed by atoms with Crippen LogP contribution in [0, 0.1) is 0 Å². The van der Waals surface area contributed by atoms with E-state index in [0.717, 1.165) is 64.5 Å². The van der Waals surface area contributed by atoms with E-state index >= 15 is 0 Å². The predicted octanol–water partition coefficient (Wildman–Crippen LogP) is 3.03. The van der Waals surface area contributed by atoms with E-state index in [4.69, 9.17) is 4.74 Å². The van der Waals surface area contributed by atoms with Crippen LogP contribution in [0.15, 0.2) is 76.5 Å². The van der Waals surface area contributed by atoms with E-state index in [1.54, 1.807) is 7.11 Å². The molecule has 0 spiro atoms. The molecule has 1 N–H and O–H groups in total. The molecule has 3 aromatic carbocycles. The highest BCUT2D eigenvalue weighted by molar-refractivity contribution is 7.85. The normalized spacial score (nSPS) is 17.8. The van der Waals surface area contributed by atoms with Crippen molar-refractivity contribution >= 4 is 27.9 Å². The van der Waals surface area contributed by atoms with E-state index < -0.39 is 16.9 Å². The quantitative estimate of drug-likeness (QED) is 0.349. The number of aryl methyl sites for hydroxylation is 1. The minimum atomic E-state index is -1.28. The zero-order valence-electron chi connectivity index (χ0n) is 22.7. The number of piperazine rings is 1. The van der Waals surface area contributed by atoms with Crippen LogP contribution in [0.2, 0.25) is 0 Å². The van der Waals surface area contributed by atoms with Gasteiger partial charge in [0.25, 0.3) is 0 Å². The molecule has 1 aromatic heterocycles. The van der Waals surface area contributed by atoms with Crippen molar-refractivity contribution in [1.29, 1.82) is 0 Å². The molecule has 208 valence electrons. The summed E-state index contributed by atoms with van der Waals surface area (Å²) in [4.78, 5) is 9.82. The standard InChI is InChI=1S/C29H33N7O3S/c1-33-15-17-34(18-16-33)22-9-13-28-26(19-22)35(25-5-3-4-6-27(25)40(28)38)20-23(37)10-14-29-30-32-36(31-29)21-7-11-24(39-2)12-8-21/h3-9,11-13,19,23,37H,10,14-18,20H2,1-2H3. The Labute approximate surface area is 236 Å². The van der Waals surface area contributed by atoms with Crippen LogP contribution >= 0.6 is 0 Å². The zero-order chi connectivity index (χ0) is 27.6. The van der Waals surface area contributed by atoms with E-state index in [2.05, 4.69) is 49.3 Å². The summed E-state index contributed by atoms with van der Waals surface area (Å²) in [5.74, 6) is 1.32. The van der Waals surface area contributed by atoms with E-state index in [1.807, 2.05) is 54.6 Å². The van der Waals surface area contributed by atoms with Gasteiger partial charge in [0.2, 0.25) is 0 Å². The Morgan fingerprint density at radius 2 is 1.68 bits per heavy atom. The lowest BCUT2D eigenvalue weighted by molar-refractivity contribution is 0.172. The van der Waals surface area contributed by atoms with Crippen LogP contribution in [-0.2, 0) is 17.2 Å². The number of aliphatic hydroxyl groups excluding tert-OH is 1. The number of likely N-dealkylation sites (N-methyl/N-ethyl adjacent to an activating group) is 1. The third-order valence-electron chi connectivity index (χ3n) is 7.51. The van der Waals surface area contributed by atoms with Crippen LogP contribution in [0.1, 0.15) is 12.2 Å². The molecule has 4 aromatic rings. The lowest BCUT2D eigenvalue weighted by Crippen LogP contribution is -2.44. The van der Waals surface area contributed by atoms with Crippen molar-refractivity contribution in [2.75, 3.05) is 56.7 Å². The molecule has 0 bridgehead atoms. The van der Waals surface area contributed by atoms with Crippen LogP contribution in [0.5, 0.6) is 5.75 Å². The summed E-state index contributed by atoms with van der Waals surface area (Å²) in [6.07, 6.45) is 0.281. The largest absolute Gasteiger partial charge is 0.497 e. The Morgan fingerprint density at radius 1 is 0.950 bits per heavy atom. The maximum absolute atomic E-state index is 13.5. The predicted molar refractivity (Wildman–Crippen MR) is 154 cm³/mol. The smallest absolute Gasteiger partial charge is 0.175 e. The highest BCUT2D eigenvalue weighted by atomic mass is 32.2.